The number of piperidine rings is 1. The summed E-state index contributed by atoms with van der Waals surface area (Å²) in [6.07, 6.45) is 5.81. The Bertz CT molecular complexity index is 1450. The Kier molecular flexibility index (Phi) is 11.5. The maximum Gasteiger partial charge on any atom is 0.417 e. The van der Waals surface area contributed by atoms with Crippen LogP contribution in [0, 0.1) is 0 Å². The Morgan fingerprint density at radius 3 is 2.50 bits per heavy atom. The lowest BCUT2D eigenvalue weighted by Crippen LogP contribution is -2.48. The molecule has 0 bridgehead atoms. The molecule has 1 aromatic carbocycles. The Morgan fingerprint density at radius 1 is 1.11 bits per heavy atom. The average molecular weight is 617 g/mol. The molecule has 4 N–H and O–H groups in total. The number of nitrogens with one attached hydrogen (secondary N) is 1. The van der Waals surface area contributed by atoms with Gasteiger partial charge in [0.1, 0.15) is 6.17 Å². The number of pyridine rings is 1. The molecule has 0 unspecified atom stereocenters. The van der Waals surface area contributed by atoms with E-state index in [-0.39, 0.29) is 17.9 Å². The van der Waals surface area contributed by atoms with Crippen molar-refractivity contribution in [1.29, 1.82) is 0 Å². The quantitative estimate of drug-likeness (QED) is 0.131. The maximum absolute atomic E-state index is 15.3. The van der Waals surface area contributed by atoms with Crippen LogP contribution >= 0.6 is 0 Å². The molecule has 0 amide bonds. The number of carboxylic acids is 1. The smallest absolute Gasteiger partial charge is 0.417 e. The number of nitrogens with zero attached hydrogens (tertiary/aromatic N) is 4. The van der Waals surface area contributed by atoms with E-state index in [0.29, 0.717) is 41.7 Å². The number of benzene rings is 1. The highest BCUT2D eigenvalue weighted by Gasteiger charge is 2.35. The van der Waals surface area contributed by atoms with Crippen molar-refractivity contribution in [2.45, 2.75) is 69.9 Å². The van der Waals surface area contributed by atoms with Crippen molar-refractivity contribution in [2.24, 2.45) is 5.73 Å². The number of nitrogens with two attached hydrogens (primary N) is 1. The van der Waals surface area contributed by atoms with E-state index in [2.05, 4.69) is 26.9 Å². The molecule has 1 aliphatic heterocycles. The van der Waals surface area contributed by atoms with Crippen molar-refractivity contribution in [2.75, 3.05) is 31.5 Å². The van der Waals surface area contributed by atoms with Gasteiger partial charge in [-0.15, -0.1) is 0 Å². The summed E-state index contributed by atoms with van der Waals surface area (Å²) in [5, 5.41) is 17.0. The molecular weight excluding hydrogens is 576 g/mol. The number of halogens is 4. The molecule has 2 aromatic heterocycles. The Hall–Kier alpha value is -3.77. The largest absolute Gasteiger partial charge is 0.476 e. The summed E-state index contributed by atoms with van der Waals surface area (Å²) in [4.78, 5) is 17.2. The topological polar surface area (TPSA) is 109 Å². The van der Waals surface area contributed by atoms with Gasteiger partial charge in [0.25, 0.3) is 0 Å². The van der Waals surface area contributed by atoms with Crippen molar-refractivity contribution < 1.29 is 27.5 Å². The fourth-order valence-electron chi connectivity index (χ4n) is 5.51. The number of unbranched alkanes of at least 4 members (excludes halogenated alkanes) is 5. The van der Waals surface area contributed by atoms with E-state index in [1.165, 1.54) is 6.07 Å². The predicted molar refractivity (Wildman–Crippen MR) is 165 cm³/mol. The molecule has 3 aromatic rings. The van der Waals surface area contributed by atoms with Crippen molar-refractivity contribution in [3.8, 4) is 0 Å². The van der Waals surface area contributed by atoms with Gasteiger partial charge in [0.2, 0.25) is 0 Å². The number of fused-ring (bicyclic) bond motifs is 1. The molecule has 12 heteroatoms. The molecule has 238 valence electrons. The summed E-state index contributed by atoms with van der Waals surface area (Å²) in [7, 11) is 0. The van der Waals surface area contributed by atoms with E-state index in [1.807, 2.05) is 0 Å². The van der Waals surface area contributed by atoms with Gasteiger partial charge < -0.3 is 21.1 Å². The highest BCUT2D eigenvalue weighted by Crippen LogP contribution is 2.37. The van der Waals surface area contributed by atoms with Gasteiger partial charge in [0.05, 0.1) is 23.0 Å². The lowest BCUT2D eigenvalue weighted by molar-refractivity contribution is -0.0688. The first-order valence-corrected chi connectivity index (χ1v) is 15.0. The highest BCUT2D eigenvalue weighted by molar-refractivity contribution is 6.00. The number of carboxylic acid groups (broad SMARTS) is 1. The number of rotatable bonds is 15. The first-order valence-electron chi connectivity index (χ1n) is 15.0. The monoisotopic (exact) mass is 616 g/mol. The molecule has 1 aliphatic rings. The maximum atomic E-state index is 15.3. The van der Waals surface area contributed by atoms with Crippen molar-refractivity contribution >= 4 is 34.1 Å². The van der Waals surface area contributed by atoms with Crippen LogP contribution in [0.5, 0.6) is 0 Å². The van der Waals surface area contributed by atoms with Crippen LogP contribution in [0.25, 0.3) is 22.4 Å². The number of anilines is 1. The van der Waals surface area contributed by atoms with Gasteiger partial charge in [-0.25, -0.2) is 14.2 Å². The van der Waals surface area contributed by atoms with Gasteiger partial charge in [-0.3, -0.25) is 4.68 Å². The summed E-state index contributed by atoms with van der Waals surface area (Å²) in [5.74, 6) is -1.02. The van der Waals surface area contributed by atoms with Gasteiger partial charge in [-0.1, -0.05) is 50.5 Å². The molecule has 44 heavy (non-hydrogen) atoms. The third kappa shape index (κ3) is 8.88. The predicted octanol–water partition coefficient (Wildman–Crippen LogP) is 6.54. The van der Waals surface area contributed by atoms with Crippen molar-refractivity contribution in [3.63, 3.8) is 0 Å². The molecule has 0 radical (unpaired) electrons. The lowest BCUT2D eigenvalue weighted by Gasteiger charge is -2.35. The average Bonchev–Trinajstić information content (AvgIpc) is 3.47. The first-order chi connectivity index (χ1) is 21.1. The highest BCUT2D eigenvalue weighted by atomic mass is 19.4. The normalized spacial score (nSPS) is 17.8. The van der Waals surface area contributed by atoms with Crippen molar-refractivity contribution in [3.05, 3.63) is 66.3 Å². The number of hydrogen-bond acceptors (Lipinski definition) is 6. The third-order valence-corrected chi connectivity index (χ3v) is 7.88. The minimum atomic E-state index is -4.65. The van der Waals surface area contributed by atoms with E-state index >= 15 is 4.39 Å². The number of aryl methyl sites for hydroxylation is 1. The second-order valence-corrected chi connectivity index (χ2v) is 11.2. The fourth-order valence-corrected chi connectivity index (χ4v) is 5.51. The number of aromatic nitrogens is 3. The van der Waals surface area contributed by atoms with E-state index < -0.39 is 29.9 Å². The second-order valence-electron chi connectivity index (χ2n) is 11.2. The molecular formula is C32H40F4N6O2. The van der Waals surface area contributed by atoms with Crippen LogP contribution in [0.3, 0.4) is 0 Å². The molecule has 1 fully saturated rings. The molecule has 1 saturated heterocycles. The molecule has 2 atom stereocenters. The van der Waals surface area contributed by atoms with Gasteiger partial charge in [-0.2, -0.15) is 18.3 Å². The second kappa shape index (κ2) is 15.3. The number of aromatic carboxylic acids is 1. The zero-order valence-electron chi connectivity index (χ0n) is 24.7. The zero-order valence-corrected chi connectivity index (χ0v) is 24.7. The SMILES string of the molecule is C=C(c1nc(/C=C/CN)cc2c(N[C@@H]3CCN(CCCCCCCCn4ccc(C(=O)O)n4)C[C@@H]3F)cccc12)C(F)(F)F. The van der Waals surface area contributed by atoms with E-state index in [1.54, 1.807) is 47.3 Å². The van der Waals surface area contributed by atoms with Crippen LogP contribution in [0.1, 0.15) is 66.8 Å². The number of carbonyl (C=O) groups is 1. The number of allylic oxidation sites excluding steroid dienone is 1. The van der Waals surface area contributed by atoms with Crippen molar-refractivity contribution in [1.82, 2.24) is 19.7 Å². The van der Waals surface area contributed by atoms with E-state index in [9.17, 15) is 18.0 Å². The number of hydrogen-bond donors (Lipinski definition) is 3. The standard InChI is InChI=1S/C32H40F4N6O2/c1-22(32(34,35)36)30-24-11-8-12-27(25(24)20-23(38-30)10-9-15-37)39-28-13-18-41(21-26(28)33)16-6-4-2-3-5-7-17-42-19-14-29(40-42)31(43)44/h8-12,14,19-20,26,28,39H,1-7,13,15-18,21,37H2,(H,43,44)/b10-9+/t26-,28+/m0/s1. The molecule has 3 heterocycles. The Morgan fingerprint density at radius 2 is 1.84 bits per heavy atom. The zero-order chi connectivity index (χ0) is 31.7. The van der Waals surface area contributed by atoms with Crippen LogP contribution < -0.4 is 11.1 Å². The summed E-state index contributed by atoms with van der Waals surface area (Å²) < 4.78 is 57.8. The van der Waals surface area contributed by atoms with Crippen LogP contribution in [0.15, 0.2) is 49.2 Å². The third-order valence-electron chi connectivity index (χ3n) is 7.88. The molecule has 0 aliphatic carbocycles. The molecule has 8 nitrogen and oxygen atoms in total. The number of likely N-dealkylation sites (tertiary alicyclic amines) is 1. The van der Waals surface area contributed by atoms with Gasteiger partial charge in [0.15, 0.2) is 5.69 Å². The summed E-state index contributed by atoms with van der Waals surface area (Å²) in [5.41, 5.74) is 5.17. The van der Waals surface area contributed by atoms with Crippen LogP contribution in [-0.4, -0.2) is 75.3 Å². The fraction of sp³-hybridized carbons (Fsp3) is 0.469. The summed E-state index contributed by atoms with van der Waals surface area (Å²) >= 11 is 0. The Labute approximate surface area is 254 Å². The Balaban J connectivity index is 1.26. The summed E-state index contributed by atoms with van der Waals surface area (Å²) in [6.45, 7) is 6.01. The van der Waals surface area contributed by atoms with Crippen LogP contribution in [0.2, 0.25) is 0 Å². The molecule has 0 saturated carbocycles. The van der Waals surface area contributed by atoms with Crippen LogP contribution in [0.4, 0.5) is 23.2 Å². The van der Waals surface area contributed by atoms with Gasteiger partial charge in [-0.05, 0) is 50.1 Å². The first kappa shape index (κ1) is 33.1. The minimum Gasteiger partial charge on any atom is -0.476 e. The minimum absolute atomic E-state index is 0.0572. The van der Waals surface area contributed by atoms with Crippen LogP contribution in [-0.2, 0) is 6.54 Å². The lowest BCUT2D eigenvalue weighted by atomic mass is 9.99. The van der Waals surface area contributed by atoms with E-state index in [0.717, 1.165) is 51.6 Å². The van der Waals surface area contributed by atoms with Gasteiger partial charge in [0, 0.05) is 48.8 Å². The van der Waals surface area contributed by atoms with E-state index in [4.69, 9.17) is 10.8 Å². The summed E-state index contributed by atoms with van der Waals surface area (Å²) in [6, 6.07) is 7.68. The number of alkyl halides is 4. The molecule has 4 rings (SSSR count). The van der Waals surface area contributed by atoms with Gasteiger partial charge >= 0.3 is 12.1 Å². The molecule has 0 spiro atoms.